The first kappa shape index (κ1) is 47.8. The highest BCUT2D eigenvalue weighted by Crippen LogP contribution is 2.14. The van der Waals surface area contributed by atoms with Gasteiger partial charge in [0, 0.05) is 25.4 Å². The zero-order chi connectivity index (χ0) is 35.7. The number of rotatable bonds is 38. The van der Waals surface area contributed by atoms with Crippen LogP contribution in [0.4, 0.5) is 4.79 Å². The molecule has 0 aromatic rings. The number of thioether (sulfide) groups is 1. The molecular formula is C44H84N2O2S. The van der Waals surface area contributed by atoms with Crippen LogP contribution in [0, 0.1) is 0 Å². The van der Waals surface area contributed by atoms with Gasteiger partial charge in [-0.25, -0.2) is 4.79 Å². The quantitative estimate of drug-likeness (QED) is 0.0473. The van der Waals surface area contributed by atoms with Gasteiger partial charge in [-0.1, -0.05) is 154 Å². The van der Waals surface area contributed by atoms with Crippen molar-refractivity contribution in [1.29, 1.82) is 0 Å². The second kappa shape index (κ2) is 41.2. The zero-order valence-electron chi connectivity index (χ0n) is 33.4. The Morgan fingerprint density at radius 3 is 1.51 bits per heavy atom. The summed E-state index contributed by atoms with van der Waals surface area (Å²) >= 11 is 2.01. The number of carbonyl (C=O) groups excluding carboxylic acids is 1. The Hall–Kier alpha value is -1.20. The highest BCUT2D eigenvalue weighted by Gasteiger charge is 2.14. The van der Waals surface area contributed by atoms with E-state index in [4.69, 9.17) is 4.74 Å². The minimum absolute atomic E-state index is 0.120. The van der Waals surface area contributed by atoms with Crippen molar-refractivity contribution < 1.29 is 9.53 Å². The molecule has 0 N–H and O–H groups in total. The smallest absolute Gasteiger partial charge is 0.409 e. The van der Waals surface area contributed by atoms with Crippen LogP contribution < -0.4 is 0 Å². The molecule has 0 heterocycles. The van der Waals surface area contributed by atoms with Crippen LogP contribution in [0.3, 0.4) is 0 Å². The van der Waals surface area contributed by atoms with E-state index in [1.165, 1.54) is 160 Å². The van der Waals surface area contributed by atoms with Crippen molar-refractivity contribution in [2.75, 3.05) is 51.3 Å². The third kappa shape index (κ3) is 37.9. The van der Waals surface area contributed by atoms with Crippen molar-refractivity contribution in [1.82, 2.24) is 9.80 Å². The average molecular weight is 705 g/mol. The maximum absolute atomic E-state index is 12.9. The molecule has 0 spiro atoms. The van der Waals surface area contributed by atoms with E-state index >= 15 is 0 Å². The molecule has 4 nitrogen and oxygen atoms in total. The Balaban J connectivity index is 3.95. The fraction of sp³-hybridized carbons (Fsp3) is 0.841. The normalized spacial score (nSPS) is 12.0. The van der Waals surface area contributed by atoms with E-state index in [0.717, 1.165) is 44.8 Å². The van der Waals surface area contributed by atoms with E-state index in [9.17, 15) is 4.79 Å². The number of nitrogens with zero attached hydrogens (tertiary/aromatic N) is 2. The summed E-state index contributed by atoms with van der Waals surface area (Å²) < 4.78 is 5.67. The Morgan fingerprint density at radius 1 is 0.510 bits per heavy atom. The summed E-state index contributed by atoms with van der Waals surface area (Å²) in [6.45, 7) is 10.6. The van der Waals surface area contributed by atoms with Gasteiger partial charge in [0.05, 0.1) is 0 Å². The molecule has 1 amide bonds. The lowest BCUT2D eigenvalue weighted by Gasteiger charge is -2.23. The molecule has 0 aliphatic heterocycles. The number of carbonyl (C=O) groups is 1. The lowest BCUT2D eigenvalue weighted by molar-refractivity contribution is 0.0955. The summed E-state index contributed by atoms with van der Waals surface area (Å²) in [5.74, 6) is 2.22. The number of hydrogen-bond donors (Lipinski definition) is 0. The molecule has 5 heteroatoms. The first-order valence-electron chi connectivity index (χ1n) is 21.3. The second-order valence-corrected chi connectivity index (χ2v) is 15.4. The molecule has 0 fully saturated rings. The van der Waals surface area contributed by atoms with Gasteiger partial charge in [-0.2, -0.15) is 11.8 Å². The Bertz CT molecular complexity index is 753. The van der Waals surface area contributed by atoms with Gasteiger partial charge in [0.25, 0.3) is 0 Å². The van der Waals surface area contributed by atoms with Crippen LogP contribution in [-0.2, 0) is 4.74 Å². The fourth-order valence-corrected chi connectivity index (χ4v) is 6.81. The molecule has 0 aromatic heterocycles. The Labute approximate surface area is 311 Å². The molecule has 0 aliphatic carbocycles. The van der Waals surface area contributed by atoms with Crippen molar-refractivity contribution >= 4 is 17.9 Å². The van der Waals surface area contributed by atoms with Gasteiger partial charge in [-0.05, 0) is 90.0 Å². The van der Waals surface area contributed by atoms with Crippen LogP contribution in [0.25, 0.3) is 0 Å². The molecule has 0 bridgehead atoms. The maximum Gasteiger partial charge on any atom is 0.409 e. The predicted octanol–water partition coefficient (Wildman–Crippen LogP) is 14.0. The molecule has 0 atom stereocenters. The molecule has 0 saturated carbocycles. The van der Waals surface area contributed by atoms with Crippen molar-refractivity contribution in [3.05, 3.63) is 36.5 Å². The molecule has 0 unspecified atom stereocenters. The SMILES string of the molecule is CCCCC/C=C\C/C=C\CCCCCCCCN(CCSCCCCCCCC/C=C\CCCCCCCC)C(=O)OCCN(C)CC. The number of hydrogen-bond acceptors (Lipinski definition) is 4. The van der Waals surface area contributed by atoms with Crippen LogP contribution in [0.1, 0.15) is 188 Å². The summed E-state index contributed by atoms with van der Waals surface area (Å²) in [6, 6.07) is 0. The standard InChI is InChI=1S/C44H84N2O2S/c1-5-8-10-12-14-16-18-20-22-24-26-28-30-32-34-36-38-46(44(47)48-41-39-45(4)7-3)40-43-49-42-37-35-33-31-29-27-25-23-21-19-17-15-13-11-9-6-2/h14,16,20-23H,5-13,15,17-19,24-43H2,1-4H3/b16-14-,22-20-,23-21-. The van der Waals surface area contributed by atoms with E-state index in [-0.39, 0.29) is 6.09 Å². The summed E-state index contributed by atoms with van der Waals surface area (Å²) in [5.41, 5.74) is 0. The van der Waals surface area contributed by atoms with Gasteiger partial charge in [0.15, 0.2) is 0 Å². The average Bonchev–Trinajstić information content (AvgIpc) is 3.11. The third-order valence-corrected chi connectivity index (χ3v) is 10.5. The number of unbranched alkanes of at least 4 members (excludes halogenated alkanes) is 21. The number of amides is 1. The highest BCUT2D eigenvalue weighted by atomic mass is 32.2. The van der Waals surface area contributed by atoms with Crippen molar-refractivity contribution in [3.63, 3.8) is 0 Å². The van der Waals surface area contributed by atoms with Crippen LogP contribution in [0.15, 0.2) is 36.5 Å². The fourth-order valence-electron chi connectivity index (χ4n) is 5.85. The molecule has 0 aliphatic rings. The van der Waals surface area contributed by atoms with Gasteiger partial charge in [0.2, 0.25) is 0 Å². The summed E-state index contributed by atoms with van der Waals surface area (Å²) in [6.07, 6.45) is 47.9. The molecule has 0 aromatic carbocycles. The van der Waals surface area contributed by atoms with E-state index < -0.39 is 0 Å². The van der Waals surface area contributed by atoms with Crippen LogP contribution in [-0.4, -0.2) is 67.2 Å². The molecule has 0 rings (SSSR count). The van der Waals surface area contributed by atoms with Gasteiger partial charge < -0.3 is 14.5 Å². The largest absolute Gasteiger partial charge is 0.448 e. The first-order chi connectivity index (χ1) is 24.2. The number of ether oxygens (including phenoxy) is 1. The minimum Gasteiger partial charge on any atom is -0.448 e. The van der Waals surface area contributed by atoms with Gasteiger partial charge >= 0.3 is 6.09 Å². The maximum atomic E-state index is 12.9. The molecule has 0 saturated heterocycles. The summed E-state index contributed by atoms with van der Waals surface area (Å²) in [4.78, 5) is 17.1. The zero-order valence-corrected chi connectivity index (χ0v) is 34.2. The summed E-state index contributed by atoms with van der Waals surface area (Å²) in [7, 11) is 2.07. The van der Waals surface area contributed by atoms with E-state index in [1.54, 1.807) is 0 Å². The molecule has 288 valence electrons. The van der Waals surface area contributed by atoms with Crippen molar-refractivity contribution in [3.8, 4) is 0 Å². The van der Waals surface area contributed by atoms with Gasteiger partial charge in [-0.3, -0.25) is 0 Å². The van der Waals surface area contributed by atoms with Crippen molar-refractivity contribution in [2.45, 2.75) is 188 Å². The summed E-state index contributed by atoms with van der Waals surface area (Å²) in [5, 5.41) is 0. The molecule has 49 heavy (non-hydrogen) atoms. The van der Waals surface area contributed by atoms with E-state index in [0.29, 0.717) is 6.61 Å². The highest BCUT2D eigenvalue weighted by molar-refractivity contribution is 7.99. The van der Waals surface area contributed by atoms with E-state index in [1.807, 2.05) is 16.7 Å². The monoisotopic (exact) mass is 705 g/mol. The third-order valence-electron chi connectivity index (χ3n) is 9.43. The predicted molar refractivity (Wildman–Crippen MR) is 222 cm³/mol. The minimum atomic E-state index is -0.120. The second-order valence-electron chi connectivity index (χ2n) is 14.1. The Morgan fingerprint density at radius 2 is 0.959 bits per heavy atom. The van der Waals surface area contributed by atoms with Crippen molar-refractivity contribution in [2.24, 2.45) is 0 Å². The van der Waals surface area contributed by atoms with Crippen LogP contribution in [0.2, 0.25) is 0 Å². The van der Waals surface area contributed by atoms with Crippen LogP contribution >= 0.6 is 11.8 Å². The lowest BCUT2D eigenvalue weighted by atomic mass is 10.1. The van der Waals surface area contributed by atoms with E-state index in [2.05, 4.69) is 69.2 Å². The Kier molecular flexibility index (Phi) is 40.2. The van der Waals surface area contributed by atoms with Gasteiger partial charge in [0.1, 0.15) is 6.61 Å². The number of allylic oxidation sites excluding steroid dienone is 6. The number of likely N-dealkylation sites (N-methyl/N-ethyl adjacent to an activating group) is 1. The van der Waals surface area contributed by atoms with Crippen LogP contribution in [0.5, 0.6) is 0 Å². The lowest BCUT2D eigenvalue weighted by Crippen LogP contribution is -2.36. The molecule has 0 radical (unpaired) electrons. The molecular weight excluding hydrogens is 621 g/mol. The topological polar surface area (TPSA) is 32.8 Å². The first-order valence-corrected chi connectivity index (χ1v) is 22.4. The van der Waals surface area contributed by atoms with Gasteiger partial charge in [-0.15, -0.1) is 0 Å².